The van der Waals surface area contributed by atoms with E-state index in [0.717, 1.165) is 19.3 Å². The standard InChI is InChI=1S/C31H62O6Si2/c1-13-14-15-16-17-18-19-20-21-22-23-31(28(33)34-8)27(32)26(37-39(11,12)30(5,6)7)25(36-31)24-35-38(9,10)29(2,3)4/h25-26H,13-24H2,1-12H3/t25-,26-,31-/m1/s1. The average molecular weight is 587 g/mol. The lowest BCUT2D eigenvalue weighted by atomic mass is 9.90. The van der Waals surface area contributed by atoms with Crippen LogP contribution >= 0.6 is 0 Å². The number of ketones is 1. The number of hydrogen-bond acceptors (Lipinski definition) is 6. The van der Waals surface area contributed by atoms with Crippen LogP contribution in [0.3, 0.4) is 0 Å². The summed E-state index contributed by atoms with van der Waals surface area (Å²) in [7, 11) is -3.11. The molecule has 230 valence electrons. The fourth-order valence-corrected chi connectivity index (χ4v) is 6.75. The van der Waals surface area contributed by atoms with Gasteiger partial charge in [0, 0.05) is 0 Å². The third-order valence-corrected chi connectivity index (χ3v) is 18.3. The first-order valence-electron chi connectivity index (χ1n) is 15.5. The van der Waals surface area contributed by atoms with Crippen molar-refractivity contribution in [3.63, 3.8) is 0 Å². The van der Waals surface area contributed by atoms with Gasteiger partial charge >= 0.3 is 5.97 Å². The molecule has 1 rings (SSSR count). The molecule has 1 fully saturated rings. The molecule has 0 aromatic rings. The van der Waals surface area contributed by atoms with Gasteiger partial charge in [0.15, 0.2) is 16.6 Å². The summed E-state index contributed by atoms with van der Waals surface area (Å²) < 4.78 is 24.8. The van der Waals surface area contributed by atoms with Crippen molar-refractivity contribution in [1.82, 2.24) is 0 Å². The second-order valence-corrected chi connectivity index (χ2v) is 24.2. The number of esters is 1. The normalized spacial score (nSPS) is 22.9. The summed E-state index contributed by atoms with van der Waals surface area (Å²) in [6.07, 6.45) is 10.6. The summed E-state index contributed by atoms with van der Waals surface area (Å²) in [6, 6.07) is 0. The molecule has 8 heteroatoms. The van der Waals surface area contributed by atoms with Crippen LogP contribution in [0.1, 0.15) is 119 Å². The average Bonchev–Trinajstić information content (AvgIpc) is 3.08. The quantitative estimate of drug-likeness (QED) is 0.0735. The summed E-state index contributed by atoms with van der Waals surface area (Å²) in [5, 5.41) is -0.0774. The van der Waals surface area contributed by atoms with Crippen LogP contribution in [0, 0.1) is 0 Å². The molecule has 6 nitrogen and oxygen atoms in total. The Kier molecular flexibility index (Phi) is 14.1. The van der Waals surface area contributed by atoms with Gasteiger partial charge in [0.1, 0.15) is 12.2 Å². The Morgan fingerprint density at radius 1 is 0.821 bits per heavy atom. The molecule has 0 N–H and O–H groups in total. The molecule has 3 atom stereocenters. The summed E-state index contributed by atoms with van der Waals surface area (Å²) >= 11 is 0. The highest BCUT2D eigenvalue weighted by molar-refractivity contribution is 6.74. The van der Waals surface area contributed by atoms with Gasteiger partial charge in [-0.2, -0.15) is 0 Å². The van der Waals surface area contributed by atoms with E-state index in [0.29, 0.717) is 6.42 Å². The van der Waals surface area contributed by atoms with Gasteiger partial charge in [-0.25, -0.2) is 4.79 Å². The highest BCUT2D eigenvalue weighted by atomic mass is 28.4. The summed E-state index contributed by atoms with van der Waals surface area (Å²) in [6.45, 7) is 24.1. The van der Waals surface area contributed by atoms with Gasteiger partial charge in [-0.1, -0.05) is 106 Å². The largest absolute Gasteiger partial charge is 0.467 e. The maximum atomic E-state index is 14.1. The summed E-state index contributed by atoms with van der Waals surface area (Å²) in [5.41, 5.74) is -1.62. The van der Waals surface area contributed by atoms with Crippen LogP contribution in [-0.4, -0.2) is 59.9 Å². The summed E-state index contributed by atoms with van der Waals surface area (Å²) in [5.74, 6) is -0.902. The highest BCUT2D eigenvalue weighted by Gasteiger charge is 2.62. The Bertz CT molecular complexity index is 768. The number of carbonyl (C=O) groups is 2. The lowest BCUT2D eigenvalue weighted by Crippen LogP contribution is -2.52. The zero-order chi connectivity index (χ0) is 30.1. The van der Waals surface area contributed by atoms with Gasteiger partial charge < -0.3 is 18.3 Å². The fraction of sp³-hybridized carbons (Fsp3) is 0.935. The van der Waals surface area contributed by atoms with Crippen LogP contribution in [0.2, 0.25) is 36.3 Å². The number of Topliss-reactive ketones (excluding diaryl/α,β-unsaturated/α-hetero) is 1. The van der Waals surface area contributed by atoms with Gasteiger partial charge in [-0.15, -0.1) is 0 Å². The molecule has 1 heterocycles. The van der Waals surface area contributed by atoms with Crippen LogP contribution in [0.4, 0.5) is 0 Å². The molecule has 0 radical (unpaired) electrons. The molecular weight excluding hydrogens is 525 g/mol. The number of carbonyl (C=O) groups excluding carboxylic acids is 2. The molecule has 0 unspecified atom stereocenters. The predicted octanol–water partition coefficient (Wildman–Crippen LogP) is 8.59. The van der Waals surface area contributed by atoms with Crippen molar-refractivity contribution in [3.8, 4) is 0 Å². The molecule has 0 bridgehead atoms. The van der Waals surface area contributed by atoms with E-state index in [1.165, 1.54) is 52.1 Å². The topological polar surface area (TPSA) is 71.1 Å². The van der Waals surface area contributed by atoms with E-state index in [-0.39, 0.29) is 22.5 Å². The first-order chi connectivity index (χ1) is 17.9. The van der Waals surface area contributed by atoms with Crippen molar-refractivity contribution < 1.29 is 27.9 Å². The molecule has 1 aliphatic heterocycles. The highest BCUT2D eigenvalue weighted by Crippen LogP contribution is 2.43. The molecule has 0 aromatic carbocycles. The Balaban J connectivity index is 3.04. The third-order valence-electron chi connectivity index (χ3n) is 9.39. The molecule has 0 saturated carbocycles. The minimum Gasteiger partial charge on any atom is -0.467 e. The van der Waals surface area contributed by atoms with Crippen LogP contribution < -0.4 is 0 Å². The minimum atomic E-state index is -2.34. The predicted molar refractivity (Wildman–Crippen MR) is 166 cm³/mol. The van der Waals surface area contributed by atoms with E-state index >= 15 is 0 Å². The van der Waals surface area contributed by atoms with E-state index in [2.05, 4.69) is 74.7 Å². The van der Waals surface area contributed by atoms with Crippen LogP contribution in [-0.2, 0) is 27.9 Å². The lowest BCUT2D eigenvalue weighted by molar-refractivity contribution is -0.173. The molecule has 0 aliphatic carbocycles. The fourth-order valence-electron chi connectivity index (χ4n) is 4.49. The Morgan fingerprint density at radius 3 is 1.72 bits per heavy atom. The zero-order valence-corrected chi connectivity index (χ0v) is 29.6. The minimum absolute atomic E-state index is 0.0147. The van der Waals surface area contributed by atoms with Gasteiger partial charge in [0.05, 0.1) is 13.7 Å². The SMILES string of the molecule is CCCCCCCCCCCC[C@@]1(C(=O)OC)O[C@H](CO[Si](C)(C)C(C)(C)C)[C@@H](O[Si](C)(C)C(C)(C)C)C1=O. The Hall–Kier alpha value is -0.546. The maximum Gasteiger partial charge on any atom is 0.346 e. The Morgan fingerprint density at radius 2 is 1.28 bits per heavy atom. The number of methoxy groups -OCH3 is 1. The van der Waals surface area contributed by atoms with E-state index in [4.69, 9.17) is 18.3 Å². The first-order valence-corrected chi connectivity index (χ1v) is 21.3. The first kappa shape index (κ1) is 36.5. The van der Waals surface area contributed by atoms with Crippen molar-refractivity contribution in [2.75, 3.05) is 13.7 Å². The van der Waals surface area contributed by atoms with E-state index in [1.54, 1.807) is 0 Å². The van der Waals surface area contributed by atoms with Crippen LogP contribution in [0.25, 0.3) is 0 Å². The van der Waals surface area contributed by atoms with Crippen molar-refractivity contribution >= 4 is 28.4 Å². The van der Waals surface area contributed by atoms with Gasteiger partial charge in [0.2, 0.25) is 11.4 Å². The molecule has 39 heavy (non-hydrogen) atoms. The molecule has 0 spiro atoms. The van der Waals surface area contributed by atoms with E-state index in [9.17, 15) is 9.59 Å². The van der Waals surface area contributed by atoms with Crippen LogP contribution in [0.15, 0.2) is 0 Å². The molecular formula is C31H62O6Si2. The maximum absolute atomic E-state index is 14.1. The zero-order valence-electron chi connectivity index (χ0n) is 27.6. The lowest BCUT2D eigenvalue weighted by Gasteiger charge is -2.40. The smallest absolute Gasteiger partial charge is 0.346 e. The Labute approximate surface area is 242 Å². The molecule has 1 saturated heterocycles. The van der Waals surface area contributed by atoms with Crippen molar-refractivity contribution in [1.29, 1.82) is 0 Å². The number of rotatable bonds is 17. The number of ether oxygens (including phenoxy) is 2. The van der Waals surface area contributed by atoms with Gasteiger partial charge in [-0.3, -0.25) is 4.79 Å². The molecule has 0 aromatic heterocycles. The van der Waals surface area contributed by atoms with Gasteiger partial charge in [-0.05, 0) is 49.1 Å². The monoisotopic (exact) mass is 586 g/mol. The summed E-state index contributed by atoms with van der Waals surface area (Å²) in [4.78, 5) is 27.3. The van der Waals surface area contributed by atoms with Crippen molar-refractivity contribution in [3.05, 3.63) is 0 Å². The van der Waals surface area contributed by atoms with Crippen molar-refractivity contribution in [2.45, 2.75) is 173 Å². The van der Waals surface area contributed by atoms with E-state index < -0.39 is 40.4 Å². The second-order valence-electron chi connectivity index (χ2n) is 14.6. The third kappa shape index (κ3) is 10.0. The molecule has 1 aliphatic rings. The van der Waals surface area contributed by atoms with Crippen LogP contribution in [0.5, 0.6) is 0 Å². The number of hydrogen-bond donors (Lipinski definition) is 0. The van der Waals surface area contributed by atoms with E-state index in [1.807, 2.05) is 0 Å². The number of unbranched alkanes of at least 4 members (excludes halogenated alkanes) is 9. The second kappa shape index (κ2) is 15.1. The van der Waals surface area contributed by atoms with Crippen molar-refractivity contribution in [2.24, 2.45) is 0 Å². The molecule has 0 amide bonds. The van der Waals surface area contributed by atoms with Gasteiger partial charge in [0.25, 0.3) is 0 Å².